The fourth-order valence-corrected chi connectivity index (χ4v) is 2.21. The minimum atomic E-state index is 0.296. The standard InChI is InChI=1S/C11H22N2O/c1-2-13(8-7-12)11(14)9-10-5-3-4-6-10/h10H,2-9,12H2,1H3. The Kier molecular flexibility index (Phi) is 4.94. The van der Waals surface area contributed by atoms with Gasteiger partial charge in [-0.05, 0) is 25.7 Å². The van der Waals surface area contributed by atoms with Crippen LogP contribution in [0.2, 0.25) is 0 Å². The van der Waals surface area contributed by atoms with E-state index < -0.39 is 0 Å². The summed E-state index contributed by atoms with van der Waals surface area (Å²) in [6.07, 6.45) is 5.84. The summed E-state index contributed by atoms with van der Waals surface area (Å²) in [6.45, 7) is 4.09. The van der Waals surface area contributed by atoms with E-state index in [2.05, 4.69) is 0 Å². The third kappa shape index (κ3) is 3.29. The highest BCUT2D eigenvalue weighted by Gasteiger charge is 2.20. The van der Waals surface area contributed by atoms with Gasteiger partial charge in [-0.15, -0.1) is 0 Å². The van der Waals surface area contributed by atoms with Crippen LogP contribution in [0.5, 0.6) is 0 Å². The Labute approximate surface area is 86.6 Å². The predicted molar refractivity (Wildman–Crippen MR) is 57.9 cm³/mol. The third-order valence-corrected chi connectivity index (χ3v) is 3.07. The van der Waals surface area contributed by atoms with E-state index in [0.717, 1.165) is 13.0 Å². The monoisotopic (exact) mass is 198 g/mol. The van der Waals surface area contributed by atoms with Crippen molar-refractivity contribution in [2.24, 2.45) is 11.7 Å². The molecule has 0 unspecified atom stereocenters. The normalized spacial score (nSPS) is 17.3. The van der Waals surface area contributed by atoms with Crippen LogP contribution in [0.4, 0.5) is 0 Å². The molecular formula is C11H22N2O. The molecule has 2 N–H and O–H groups in total. The summed E-state index contributed by atoms with van der Waals surface area (Å²) in [5.74, 6) is 0.944. The van der Waals surface area contributed by atoms with Crippen molar-refractivity contribution in [3.8, 4) is 0 Å². The Morgan fingerprint density at radius 3 is 2.57 bits per heavy atom. The lowest BCUT2D eigenvalue weighted by atomic mass is 10.0. The van der Waals surface area contributed by atoms with Crippen molar-refractivity contribution < 1.29 is 4.79 Å². The van der Waals surface area contributed by atoms with Crippen molar-refractivity contribution in [3.05, 3.63) is 0 Å². The van der Waals surface area contributed by atoms with Gasteiger partial charge >= 0.3 is 0 Å². The zero-order chi connectivity index (χ0) is 10.4. The first-order valence-electron chi connectivity index (χ1n) is 5.75. The smallest absolute Gasteiger partial charge is 0.222 e. The number of nitrogens with two attached hydrogens (primary N) is 1. The molecule has 1 fully saturated rings. The molecule has 0 bridgehead atoms. The SMILES string of the molecule is CCN(CCN)C(=O)CC1CCCC1. The van der Waals surface area contributed by atoms with Gasteiger partial charge in [0.25, 0.3) is 0 Å². The molecule has 1 aliphatic carbocycles. The molecule has 3 heteroatoms. The second-order valence-corrected chi connectivity index (χ2v) is 4.12. The number of amides is 1. The summed E-state index contributed by atoms with van der Waals surface area (Å²) in [5.41, 5.74) is 5.46. The van der Waals surface area contributed by atoms with Crippen LogP contribution in [0.15, 0.2) is 0 Å². The van der Waals surface area contributed by atoms with Crippen LogP contribution < -0.4 is 5.73 Å². The van der Waals surface area contributed by atoms with Crippen molar-refractivity contribution in [1.82, 2.24) is 4.90 Å². The molecule has 82 valence electrons. The molecule has 1 saturated carbocycles. The summed E-state index contributed by atoms with van der Waals surface area (Å²) in [5, 5.41) is 0. The molecule has 0 aromatic heterocycles. The first-order chi connectivity index (χ1) is 6.77. The van der Waals surface area contributed by atoms with Gasteiger partial charge in [0.15, 0.2) is 0 Å². The van der Waals surface area contributed by atoms with Gasteiger partial charge in [-0.25, -0.2) is 0 Å². The van der Waals surface area contributed by atoms with Gasteiger partial charge in [-0.1, -0.05) is 12.8 Å². The minimum Gasteiger partial charge on any atom is -0.342 e. The van der Waals surface area contributed by atoms with Crippen LogP contribution in [0.1, 0.15) is 39.0 Å². The fraction of sp³-hybridized carbons (Fsp3) is 0.909. The summed E-state index contributed by atoms with van der Waals surface area (Å²) in [6, 6.07) is 0. The van der Waals surface area contributed by atoms with Crippen LogP contribution in [0.3, 0.4) is 0 Å². The van der Waals surface area contributed by atoms with Crippen LogP contribution >= 0.6 is 0 Å². The van der Waals surface area contributed by atoms with Gasteiger partial charge in [0, 0.05) is 26.1 Å². The first kappa shape index (κ1) is 11.5. The number of rotatable bonds is 5. The summed E-state index contributed by atoms with van der Waals surface area (Å²) < 4.78 is 0. The number of carbonyl (C=O) groups excluding carboxylic acids is 1. The van der Waals surface area contributed by atoms with E-state index in [4.69, 9.17) is 5.73 Å². The zero-order valence-corrected chi connectivity index (χ0v) is 9.17. The lowest BCUT2D eigenvalue weighted by molar-refractivity contribution is -0.131. The van der Waals surface area contributed by atoms with E-state index in [1.807, 2.05) is 11.8 Å². The van der Waals surface area contributed by atoms with Crippen molar-refractivity contribution >= 4 is 5.91 Å². The number of hydrogen-bond acceptors (Lipinski definition) is 2. The Hall–Kier alpha value is -0.570. The first-order valence-corrected chi connectivity index (χ1v) is 5.75. The van der Waals surface area contributed by atoms with Crippen molar-refractivity contribution in [2.45, 2.75) is 39.0 Å². The quantitative estimate of drug-likeness (QED) is 0.725. The fourth-order valence-electron chi connectivity index (χ4n) is 2.21. The van der Waals surface area contributed by atoms with Crippen LogP contribution in [-0.2, 0) is 4.79 Å². The topological polar surface area (TPSA) is 46.3 Å². The van der Waals surface area contributed by atoms with E-state index in [9.17, 15) is 4.79 Å². The third-order valence-electron chi connectivity index (χ3n) is 3.07. The Morgan fingerprint density at radius 2 is 2.07 bits per heavy atom. The van der Waals surface area contributed by atoms with Gasteiger partial charge in [0.1, 0.15) is 0 Å². The van der Waals surface area contributed by atoms with E-state index >= 15 is 0 Å². The highest BCUT2D eigenvalue weighted by molar-refractivity contribution is 5.76. The van der Waals surface area contributed by atoms with Crippen molar-refractivity contribution in [1.29, 1.82) is 0 Å². The average molecular weight is 198 g/mol. The number of hydrogen-bond donors (Lipinski definition) is 1. The molecule has 0 radical (unpaired) electrons. The highest BCUT2D eigenvalue weighted by Crippen LogP contribution is 2.27. The maximum absolute atomic E-state index is 11.8. The Bertz CT molecular complexity index is 176. The lowest BCUT2D eigenvalue weighted by Gasteiger charge is -2.21. The van der Waals surface area contributed by atoms with Gasteiger partial charge in [0.05, 0.1) is 0 Å². The van der Waals surface area contributed by atoms with Crippen LogP contribution in [0, 0.1) is 5.92 Å². The van der Waals surface area contributed by atoms with E-state index in [1.165, 1.54) is 25.7 Å². The van der Waals surface area contributed by atoms with Crippen molar-refractivity contribution in [2.75, 3.05) is 19.6 Å². The molecule has 0 aromatic carbocycles. The van der Waals surface area contributed by atoms with Gasteiger partial charge in [-0.3, -0.25) is 4.79 Å². The molecule has 1 rings (SSSR count). The van der Waals surface area contributed by atoms with Gasteiger partial charge in [-0.2, -0.15) is 0 Å². The second kappa shape index (κ2) is 6.02. The molecular weight excluding hydrogens is 176 g/mol. The number of carbonyl (C=O) groups is 1. The second-order valence-electron chi connectivity index (χ2n) is 4.12. The van der Waals surface area contributed by atoms with Gasteiger partial charge in [0.2, 0.25) is 5.91 Å². The molecule has 14 heavy (non-hydrogen) atoms. The van der Waals surface area contributed by atoms with E-state index in [1.54, 1.807) is 0 Å². The van der Waals surface area contributed by atoms with E-state index in [0.29, 0.717) is 24.9 Å². The molecule has 0 spiro atoms. The molecule has 0 heterocycles. The number of likely N-dealkylation sites (N-methyl/N-ethyl adjacent to an activating group) is 1. The minimum absolute atomic E-state index is 0.296. The van der Waals surface area contributed by atoms with Crippen LogP contribution in [0.25, 0.3) is 0 Å². The highest BCUT2D eigenvalue weighted by atomic mass is 16.2. The Morgan fingerprint density at radius 1 is 1.43 bits per heavy atom. The molecule has 0 atom stereocenters. The molecule has 0 saturated heterocycles. The molecule has 3 nitrogen and oxygen atoms in total. The zero-order valence-electron chi connectivity index (χ0n) is 9.17. The lowest BCUT2D eigenvalue weighted by Crippen LogP contribution is -2.35. The molecule has 1 amide bonds. The summed E-state index contributed by atoms with van der Waals surface area (Å²) >= 11 is 0. The molecule has 0 aliphatic heterocycles. The Balaban J connectivity index is 2.30. The van der Waals surface area contributed by atoms with E-state index in [-0.39, 0.29) is 0 Å². The summed E-state index contributed by atoms with van der Waals surface area (Å²) in [4.78, 5) is 13.7. The largest absolute Gasteiger partial charge is 0.342 e. The number of nitrogens with zero attached hydrogens (tertiary/aromatic N) is 1. The summed E-state index contributed by atoms with van der Waals surface area (Å²) in [7, 11) is 0. The maximum atomic E-state index is 11.8. The predicted octanol–water partition coefficient (Wildman–Crippen LogP) is 1.37. The maximum Gasteiger partial charge on any atom is 0.222 e. The average Bonchev–Trinajstić information content (AvgIpc) is 2.66. The van der Waals surface area contributed by atoms with Crippen LogP contribution in [-0.4, -0.2) is 30.4 Å². The van der Waals surface area contributed by atoms with Crippen molar-refractivity contribution in [3.63, 3.8) is 0 Å². The molecule has 1 aliphatic rings. The molecule has 0 aromatic rings. The van der Waals surface area contributed by atoms with Gasteiger partial charge < -0.3 is 10.6 Å².